The average molecular weight is 656 g/mol. The lowest BCUT2D eigenvalue weighted by atomic mass is 9.99. The molecule has 5 rings (SSSR count). The molecule has 1 aliphatic rings. The summed E-state index contributed by atoms with van der Waals surface area (Å²) in [6, 6.07) is 13.9. The van der Waals surface area contributed by atoms with Gasteiger partial charge in [-0.15, -0.1) is 18.3 Å². The molecule has 1 aliphatic heterocycles. The highest BCUT2D eigenvalue weighted by Gasteiger charge is 2.33. The van der Waals surface area contributed by atoms with Gasteiger partial charge in [0.1, 0.15) is 17.9 Å². The number of halogens is 4. The highest BCUT2D eigenvalue weighted by atomic mass is 32.2. The van der Waals surface area contributed by atoms with Crippen LogP contribution in [0.3, 0.4) is 0 Å². The monoisotopic (exact) mass is 655 g/mol. The number of carbonyl (C=O) groups is 2. The van der Waals surface area contributed by atoms with Crippen molar-refractivity contribution in [3.8, 4) is 22.8 Å². The largest absolute Gasteiger partial charge is 0.573 e. The molecule has 1 fully saturated rings. The number of amidine groups is 1. The highest BCUT2D eigenvalue weighted by molar-refractivity contribution is 8.15. The number of hydrogen-bond donors (Lipinski definition) is 2. The van der Waals surface area contributed by atoms with E-state index in [1.54, 1.807) is 0 Å². The van der Waals surface area contributed by atoms with Crippen molar-refractivity contribution < 1.29 is 31.9 Å². The van der Waals surface area contributed by atoms with Crippen LogP contribution >= 0.6 is 11.8 Å². The van der Waals surface area contributed by atoms with Crippen LogP contribution in [0.4, 0.5) is 39.4 Å². The molecule has 3 aromatic carbocycles. The first-order valence-corrected chi connectivity index (χ1v) is 15.2. The van der Waals surface area contributed by atoms with Crippen LogP contribution in [0.25, 0.3) is 17.1 Å². The zero-order valence-corrected chi connectivity index (χ0v) is 25.7. The quantitative estimate of drug-likeness (QED) is 0.179. The number of rotatable bonds is 9. The van der Waals surface area contributed by atoms with Gasteiger partial charge >= 0.3 is 12.4 Å². The number of carbonyl (C=O) groups excluding carboxylic acids is 2. The minimum atomic E-state index is -4.81. The molecule has 240 valence electrons. The lowest BCUT2D eigenvalue weighted by molar-refractivity contribution is -0.274. The van der Waals surface area contributed by atoms with Crippen molar-refractivity contribution in [3.63, 3.8) is 0 Å². The number of ether oxygens (including phenoxy) is 1. The normalized spacial score (nSPS) is 14.3. The number of hydrogen-bond acceptors (Lipinski definition) is 7. The number of nitrogens with zero attached hydrogens (tertiary/aromatic N) is 5. The fourth-order valence-corrected chi connectivity index (χ4v) is 5.45. The summed E-state index contributed by atoms with van der Waals surface area (Å²) in [5.41, 5.74) is 2.93. The molecule has 0 bridgehead atoms. The standard InChI is InChI=1S/C31H29F4N7O3S/c1-4-13-36-20-6-11-23(18(2)3)26(15-20)42-27(43)16-46-30(42)39-29(44)38-25-12-5-19(14-24(25)32)28-37-17-41(40-28)21-7-9-22(10-8-21)45-31(33,34)35/h5-12,14-15,17-18,36H,4,13,16H2,1-3H3,(H,38,44). The third kappa shape index (κ3) is 7.65. The van der Waals surface area contributed by atoms with E-state index in [0.29, 0.717) is 16.9 Å². The Hall–Kier alpha value is -4.92. The van der Waals surface area contributed by atoms with E-state index in [-0.39, 0.29) is 40.0 Å². The van der Waals surface area contributed by atoms with E-state index in [1.165, 1.54) is 40.2 Å². The zero-order valence-electron chi connectivity index (χ0n) is 24.9. The summed E-state index contributed by atoms with van der Waals surface area (Å²) in [4.78, 5) is 35.6. The second-order valence-corrected chi connectivity index (χ2v) is 11.4. The molecule has 0 atom stereocenters. The molecule has 10 nitrogen and oxygen atoms in total. The van der Waals surface area contributed by atoms with Crippen molar-refractivity contribution in [2.75, 3.05) is 27.8 Å². The maximum atomic E-state index is 15.1. The maximum Gasteiger partial charge on any atom is 0.573 e. The third-order valence-corrected chi connectivity index (χ3v) is 7.65. The minimum absolute atomic E-state index is 0.0932. The molecular formula is C31H29F4N7O3S. The Kier molecular flexibility index (Phi) is 9.60. The molecule has 46 heavy (non-hydrogen) atoms. The molecule has 3 amide bonds. The number of aliphatic imine (C=N–C) groups is 1. The van der Waals surface area contributed by atoms with E-state index in [0.717, 1.165) is 54.2 Å². The number of benzene rings is 3. The molecule has 2 N–H and O–H groups in total. The van der Waals surface area contributed by atoms with Crippen molar-refractivity contribution in [1.29, 1.82) is 0 Å². The van der Waals surface area contributed by atoms with E-state index in [4.69, 9.17) is 0 Å². The van der Waals surface area contributed by atoms with Gasteiger partial charge in [-0.1, -0.05) is 38.6 Å². The van der Waals surface area contributed by atoms with Crippen LogP contribution in [0.5, 0.6) is 5.75 Å². The average Bonchev–Trinajstić information content (AvgIpc) is 3.63. The zero-order chi connectivity index (χ0) is 33.0. The molecule has 1 aromatic heterocycles. The van der Waals surface area contributed by atoms with Crippen LogP contribution in [0.2, 0.25) is 0 Å². The van der Waals surface area contributed by atoms with Crippen molar-refractivity contribution >= 4 is 45.9 Å². The van der Waals surface area contributed by atoms with Gasteiger partial charge < -0.3 is 15.4 Å². The summed E-state index contributed by atoms with van der Waals surface area (Å²) < 4.78 is 57.6. The second-order valence-electron chi connectivity index (χ2n) is 10.4. The Morgan fingerprint density at radius 2 is 1.87 bits per heavy atom. The van der Waals surface area contributed by atoms with Crippen molar-refractivity contribution in [2.24, 2.45) is 4.99 Å². The lowest BCUT2D eigenvalue weighted by Crippen LogP contribution is -2.31. The molecule has 4 aromatic rings. The maximum absolute atomic E-state index is 15.1. The molecule has 1 saturated heterocycles. The van der Waals surface area contributed by atoms with Crippen LogP contribution < -0.4 is 20.3 Å². The van der Waals surface area contributed by atoms with E-state index in [1.807, 2.05) is 39.0 Å². The van der Waals surface area contributed by atoms with Crippen molar-refractivity contribution in [1.82, 2.24) is 14.8 Å². The number of aromatic nitrogens is 3. The van der Waals surface area contributed by atoms with Gasteiger partial charge in [-0.05, 0) is 72.5 Å². The van der Waals surface area contributed by atoms with E-state index in [9.17, 15) is 22.8 Å². The topological polar surface area (TPSA) is 114 Å². The van der Waals surface area contributed by atoms with E-state index < -0.39 is 18.2 Å². The van der Waals surface area contributed by atoms with Crippen molar-refractivity contribution in [2.45, 2.75) is 39.5 Å². The van der Waals surface area contributed by atoms with Crippen molar-refractivity contribution in [3.05, 3.63) is 78.4 Å². The van der Waals surface area contributed by atoms with Crippen LogP contribution in [0.1, 0.15) is 38.7 Å². The molecule has 0 aliphatic carbocycles. The van der Waals surface area contributed by atoms with Crippen LogP contribution in [0.15, 0.2) is 72.0 Å². The first kappa shape index (κ1) is 32.5. The van der Waals surface area contributed by atoms with E-state index >= 15 is 4.39 Å². The molecule has 15 heteroatoms. The summed E-state index contributed by atoms with van der Waals surface area (Å²) >= 11 is 1.12. The number of alkyl halides is 3. The first-order chi connectivity index (χ1) is 21.9. The fourth-order valence-electron chi connectivity index (χ4n) is 4.59. The van der Waals surface area contributed by atoms with Gasteiger partial charge in [-0.2, -0.15) is 4.99 Å². The Morgan fingerprint density at radius 3 is 2.54 bits per heavy atom. The van der Waals surface area contributed by atoms with Gasteiger partial charge in [-0.3, -0.25) is 9.69 Å². The predicted molar refractivity (Wildman–Crippen MR) is 169 cm³/mol. The lowest BCUT2D eigenvalue weighted by Gasteiger charge is -2.23. The number of anilines is 3. The number of nitrogens with one attached hydrogen (secondary N) is 2. The van der Waals surface area contributed by atoms with Gasteiger partial charge in [0.05, 0.1) is 22.8 Å². The van der Waals surface area contributed by atoms with Crippen LogP contribution in [0, 0.1) is 5.82 Å². The third-order valence-electron chi connectivity index (χ3n) is 6.73. The van der Waals surface area contributed by atoms with Gasteiger partial charge in [0, 0.05) is 17.8 Å². The smallest absolute Gasteiger partial charge is 0.406 e. The summed E-state index contributed by atoms with van der Waals surface area (Å²) in [6.45, 7) is 6.83. The van der Waals surface area contributed by atoms with Gasteiger partial charge in [0.2, 0.25) is 5.91 Å². The Labute approximate surface area is 265 Å². The second kappa shape index (κ2) is 13.6. The minimum Gasteiger partial charge on any atom is -0.406 e. The molecule has 0 saturated carbocycles. The fraction of sp³-hybridized carbons (Fsp3) is 0.258. The molecule has 0 spiro atoms. The molecule has 2 heterocycles. The van der Waals surface area contributed by atoms with Gasteiger partial charge in [0.15, 0.2) is 11.0 Å². The summed E-state index contributed by atoms with van der Waals surface area (Å²) in [5.74, 6) is -1.05. The Morgan fingerprint density at radius 1 is 1.11 bits per heavy atom. The molecular weight excluding hydrogens is 626 g/mol. The summed E-state index contributed by atoms with van der Waals surface area (Å²) in [6.07, 6.45) is -2.56. The van der Waals surface area contributed by atoms with Crippen LogP contribution in [-0.2, 0) is 4.79 Å². The molecule has 0 radical (unpaired) electrons. The number of amides is 3. The van der Waals surface area contributed by atoms with Gasteiger partial charge in [0.25, 0.3) is 0 Å². The Balaban J connectivity index is 1.31. The number of urea groups is 1. The van der Waals surface area contributed by atoms with Crippen LogP contribution in [-0.4, -0.2) is 50.5 Å². The predicted octanol–water partition coefficient (Wildman–Crippen LogP) is 7.59. The Bertz CT molecular complexity index is 1770. The number of thioether (sulfide) groups is 1. The first-order valence-electron chi connectivity index (χ1n) is 14.2. The van der Waals surface area contributed by atoms with Gasteiger partial charge in [-0.25, -0.2) is 18.9 Å². The SMILES string of the molecule is CCCNc1ccc(C(C)C)c(N2C(=O)CSC2=NC(=O)Nc2ccc(-c3ncn(-c4ccc(OC(F)(F)F)cc4)n3)cc2F)c1. The highest BCUT2D eigenvalue weighted by Crippen LogP contribution is 2.36. The summed E-state index contributed by atoms with van der Waals surface area (Å²) in [5, 5.41) is 10.2. The van der Waals surface area contributed by atoms with E-state index in [2.05, 4.69) is 30.4 Å². The summed E-state index contributed by atoms with van der Waals surface area (Å²) in [7, 11) is 0. The molecule has 0 unspecified atom stereocenters.